The molecule has 1 amide bonds. The monoisotopic (exact) mass is 339 g/mol. The van der Waals surface area contributed by atoms with E-state index in [1.165, 1.54) is 5.56 Å². The van der Waals surface area contributed by atoms with E-state index < -0.39 is 0 Å². The van der Waals surface area contributed by atoms with E-state index in [2.05, 4.69) is 44.5 Å². The summed E-state index contributed by atoms with van der Waals surface area (Å²) in [5, 5.41) is 3.13. The predicted octanol–water partition coefficient (Wildman–Crippen LogP) is 2.25. The summed E-state index contributed by atoms with van der Waals surface area (Å²) in [6.45, 7) is 8.22. The number of aromatic nitrogens is 2. The number of nitrogens with one attached hydrogen (secondary N) is 1. The predicted molar refractivity (Wildman–Crippen MR) is 98.4 cm³/mol. The molecule has 0 atom stereocenters. The fourth-order valence-electron chi connectivity index (χ4n) is 2.90. The molecule has 1 aromatic heterocycles. The molecule has 1 aliphatic heterocycles. The van der Waals surface area contributed by atoms with Crippen LogP contribution in [-0.4, -0.2) is 57.9 Å². The minimum atomic E-state index is 0.00968. The molecule has 132 valence electrons. The average Bonchev–Trinajstić information content (AvgIpc) is 2.63. The van der Waals surface area contributed by atoms with Crippen LogP contribution >= 0.6 is 0 Å². The first-order valence-electron chi connectivity index (χ1n) is 8.76. The average molecular weight is 339 g/mol. The van der Waals surface area contributed by atoms with Crippen molar-refractivity contribution in [1.82, 2.24) is 19.8 Å². The molecule has 2 heterocycles. The van der Waals surface area contributed by atoms with Gasteiger partial charge in [-0.05, 0) is 19.4 Å². The number of benzene rings is 1. The highest BCUT2D eigenvalue weighted by Gasteiger charge is 2.22. The van der Waals surface area contributed by atoms with Gasteiger partial charge in [0.25, 0.3) is 5.91 Å². The summed E-state index contributed by atoms with van der Waals surface area (Å²) in [6.07, 6.45) is 3.22. The van der Waals surface area contributed by atoms with E-state index >= 15 is 0 Å². The third-order valence-electron chi connectivity index (χ3n) is 4.23. The molecule has 25 heavy (non-hydrogen) atoms. The number of rotatable bonds is 5. The normalized spacial score (nSPS) is 15.4. The number of carbonyl (C=O) groups excluding carboxylic acids is 1. The Kier molecular flexibility index (Phi) is 5.60. The van der Waals surface area contributed by atoms with E-state index in [9.17, 15) is 4.79 Å². The zero-order chi connectivity index (χ0) is 17.6. The van der Waals surface area contributed by atoms with E-state index in [0.29, 0.717) is 11.5 Å². The molecule has 0 unspecified atom stereocenters. The van der Waals surface area contributed by atoms with Crippen LogP contribution in [0.3, 0.4) is 0 Å². The summed E-state index contributed by atoms with van der Waals surface area (Å²) in [4.78, 5) is 25.3. The van der Waals surface area contributed by atoms with Gasteiger partial charge in [0, 0.05) is 51.2 Å². The number of nitrogens with zero attached hydrogens (tertiary/aromatic N) is 4. The molecule has 1 fully saturated rings. The highest BCUT2D eigenvalue weighted by atomic mass is 16.2. The molecule has 0 spiro atoms. The lowest BCUT2D eigenvalue weighted by atomic mass is 10.2. The van der Waals surface area contributed by atoms with Crippen molar-refractivity contribution in [3.63, 3.8) is 0 Å². The Balaban J connectivity index is 1.52. The van der Waals surface area contributed by atoms with Crippen LogP contribution in [0.2, 0.25) is 0 Å². The van der Waals surface area contributed by atoms with Crippen molar-refractivity contribution >= 4 is 11.9 Å². The molecule has 0 aliphatic carbocycles. The fraction of sp³-hybridized carbons (Fsp3) is 0.421. The Morgan fingerprint density at radius 3 is 2.32 bits per heavy atom. The minimum Gasteiger partial charge on any atom is -0.352 e. The smallest absolute Gasteiger partial charge is 0.257 e. The number of hydrogen-bond acceptors (Lipinski definition) is 5. The number of anilines is 1. The molecule has 6 nitrogen and oxygen atoms in total. The summed E-state index contributed by atoms with van der Waals surface area (Å²) in [5.41, 5.74) is 1.86. The molecule has 1 aromatic carbocycles. The van der Waals surface area contributed by atoms with Crippen LogP contribution in [0.4, 0.5) is 5.95 Å². The standard InChI is InChI=1S/C19H25N5O/c1-15(2)22-19-20-12-17(13-21-19)18(25)24-10-8-23(9-11-24)14-16-6-4-3-5-7-16/h3-7,12-13,15H,8-11,14H2,1-2H3,(H,20,21,22). The summed E-state index contributed by atoms with van der Waals surface area (Å²) in [7, 11) is 0. The second kappa shape index (κ2) is 8.07. The SMILES string of the molecule is CC(C)Nc1ncc(C(=O)N2CCN(Cc3ccccc3)CC2)cn1. The summed E-state index contributed by atoms with van der Waals surface area (Å²) in [5.74, 6) is 0.565. The highest BCUT2D eigenvalue weighted by Crippen LogP contribution is 2.11. The van der Waals surface area contributed by atoms with Crippen LogP contribution in [0.1, 0.15) is 29.8 Å². The van der Waals surface area contributed by atoms with E-state index in [4.69, 9.17) is 0 Å². The number of hydrogen-bond donors (Lipinski definition) is 1. The van der Waals surface area contributed by atoms with Crippen molar-refractivity contribution in [3.05, 3.63) is 53.9 Å². The van der Waals surface area contributed by atoms with Gasteiger partial charge in [-0.3, -0.25) is 9.69 Å². The molecule has 1 aliphatic rings. The van der Waals surface area contributed by atoms with Gasteiger partial charge in [0.15, 0.2) is 0 Å². The quantitative estimate of drug-likeness (QED) is 0.905. The van der Waals surface area contributed by atoms with Crippen molar-refractivity contribution in [1.29, 1.82) is 0 Å². The van der Waals surface area contributed by atoms with E-state index in [0.717, 1.165) is 32.7 Å². The Bertz CT molecular complexity index is 679. The Morgan fingerprint density at radius 2 is 1.72 bits per heavy atom. The zero-order valence-corrected chi connectivity index (χ0v) is 14.9. The van der Waals surface area contributed by atoms with Crippen LogP contribution in [0.5, 0.6) is 0 Å². The van der Waals surface area contributed by atoms with E-state index in [1.807, 2.05) is 24.8 Å². The lowest BCUT2D eigenvalue weighted by Gasteiger charge is -2.34. The molecule has 0 bridgehead atoms. The first-order chi connectivity index (χ1) is 12.1. The molecule has 1 N–H and O–H groups in total. The van der Waals surface area contributed by atoms with Crippen LogP contribution in [0.25, 0.3) is 0 Å². The maximum atomic E-state index is 12.6. The summed E-state index contributed by atoms with van der Waals surface area (Å²) >= 11 is 0. The van der Waals surface area contributed by atoms with Crippen molar-refractivity contribution in [2.75, 3.05) is 31.5 Å². The molecule has 1 saturated heterocycles. The summed E-state index contributed by atoms with van der Waals surface area (Å²) in [6, 6.07) is 10.7. The first-order valence-corrected chi connectivity index (χ1v) is 8.76. The lowest BCUT2D eigenvalue weighted by Crippen LogP contribution is -2.48. The summed E-state index contributed by atoms with van der Waals surface area (Å²) < 4.78 is 0. The Labute approximate surface area is 148 Å². The van der Waals surface area contributed by atoms with E-state index in [-0.39, 0.29) is 11.9 Å². The lowest BCUT2D eigenvalue weighted by molar-refractivity contribution is 0.0627. The topological polar surface area (TPSA) is 61.4 Å². The molecule has 0 radical (unpaired) electrons. The van der Waals surface area contributed by atoms with Crippen LogP contribution in [-0.2, 0) is 6.54 Å². The maximum absolute atomic E-state index is 12.6. The number of amides is 1. The third kappa shape index (κ3) is 4.76. The van der Waals surface area contributed by atoms with E-state index in [1.54, 1.807) is 12.4 Å². The first kappa shape index (κ1) is 17.4. The van der Waals surface area contributed by atoms with Crippen molar-refractivity contribution < 1.29 is 4.79 Å². The fourth-order valence-corrected chi connectivity index (χ4v) is 2.90. The molecular formula is C19H25N5O. The van der Waals surface area contributed by atoms with Crippen molar-refractivity contribution in [2.45, 2.75) is 26.4 Å². The van der Waals surface area contributed by atoms with Gasteiger partial charge in [-0.15, -0.1) is 0 Å². The molecule has 6 heteroatoms. The van der Waals surface area contributed by atoms with Gasteiger partial charge in [0.2, 0.25) is 5.95 Å². The van der Waals surface area contributed by atoms with Gasteiger partial charge in [-0.1, -0.05) is 30.3 Å². The second-order valence-corrected chi connectivity index (χ2v) is 6.65. The minimum absolute atomic E-state index is 0.00968. The molecule has 0 saturated carbocycles. The Morgan fingerprint density at radius 1 is 1.08 bits per heavy atom. The largest absolute Gasteiger partial charge is 0.352 e. The number of carbonyl (C=O) groups is 1. The van der Waals surface area contributed by atoms with Gasteiger partial charge in [0.05, 0.1) is 5.56 Å². The molecule has 3 rings (SSSR count). The van der Waals surface area contributed by atoms with Gasteiger partial charge in [-0.2, -0.15) is 0 Å². The second-order valence-electron chi connectivity index (χ2n) is 6.65. The molecule has 2 aromatic rings. The third-order valence-corrected chi connectivity index (χ3v) is 4.23. The van der Waals surface area contributed by atoms with Crippen LogP contribution in [0, 0.1) is 0 Å². The van der Waals surface area contributed by atoms with Crippen molar-refractivity contribution in [3.8, 4) is 0 Å². The van der Waals surface area contributed by atoms with Gasteiger partial charge >= 0.3 is 0 Å². The Hall–Kier alpha value is -2.47. The number of piperazine rings is 1. The highest BCUT2D eigenvalue weighted by molar-refractivity contribution is 5.93. The molecular weight excluding hydrogens is 314 g/mol. The van der Waals surface area contributed by atoms with Crippen molar-refractivity contribution in [2.24, 2.45) is 0 Å². The van der Waals surface area contributed by atoms with Crippen LogP contribution < -0.4 is 5.32 Å². The van der Waals surface area contributed by atoms with Gasteiger partial charge in [0.1, 0.15) is 0 Å². The maximum Gasteiger partial charge on any atom is 0.257 e. The van der Waals surface area contributed by atoms with Gasteiger partial charge < -0.3 is 10.2 Å². The van der Waals surface area contributed by atoms with Gasteiger partial charge in [-0.25, -0.2) is 9.97 Å². The zero-order valence-electron chi connectivity index (χ0n) is 14.9. The van der Waals surface area contributed by atoms with Crippen LogP contribution in [0.15, 0.2) is 42.7 Å².